The normalized spacial score (nSPS) is 18.5. The molecule has 0 saturated carbocycles. The topological polar surface area (TPSA) is 66.8 Å². The van der Waals surface area contributed by atoms with Crippen LogP contribution in [-0.4, -0.2) is 41.1 Å². The molecule has 1 aliphatic heterocycles. The van der Waals surface area contributed by atoms with Crippen molar-refractivity contribution in [3.05, 3.63) is 89.5 Å². The summed E-state index contributed by atoms with van der Waals surface area (Å²) in [6, 6.07) is 20.1. The van der Waals surface area contributed by atoms with E-state index in [-0.39, 0.29) is 37.5 Å². The molecule has 4 rings (SSSR count). The average molecular weight is 526 g/mol. The van der Waals surface area contributed by atoms with E-state index in [1.54, 1.807) is 54.6 Å². The molecule has 1 fully saturated rings. The maximum Gasteiger partial charge on any atom is 0.420 e. The van der Waals surface area contributed by atoms with E-state index in [2.05, 4.69) is 0 Å². The number of ether oxygens (including phenoxy) is 1. The van der Waals surface area contributed by atoms with Crippen LogP contribution in [0.4, 0.5) is 13.2 Å². The second-order valence-corrected chi connectivity index (χ2v) is 9.97. The lowest BCUT2D eigenvalue weighted by Crippen LogP contribution is -2.53. The van der Waals surface area contributed by atoms with E-state index in [0.29, 0.717) is 17.4 Å². The third-order valence-electron chi connectivity index (χ3n) is 6.79. The Morgan fingerprint density at radius 2 is 1.68 bits per heavy atom. The van der Waals surface area contributed by atoms with Gasteiger partial charge in [-0.05, 0) is 46.7 Å². The molecule has 1 amide bonds. The van der Waals surface area contributed by atoms with Crippen LogP contribution in [-0.2, 0) is 26.9 Å². The van der Waals surface area contributed by atoms with Crippen LogP contribution in [0.3, 0.4) is 0 Å². The molecule has 0 radical (unpaired) electrons. The predicted octanol–water partition coefficient (Wildman–Crippen LogP) is 6.20. The summed E-state index contributed by atoms with van der Waals surface area (Å²) in [5, 5.41) is 10.6. The van der Waals surface area contributed by atoms with Crippen LogP contribution in [0.2, 0.25) is 0 Å². The number of aromatic hydroxyl groups is 1. The molecule has 0 spiro atoms. The molecule has 8 heteroatoms. The molecule has 3 aromatic carbocycles. The Kier molecular flexibility index (Phi) is 7.92. The van der Waals surface area contributed by atoms with E-state index in [1.165, 1.54) is 11.0 Å². The van der Waals surface area contributed by atoms with Crippen LogP contribution < -0.4 is 0 Å². The van der Waals surface area contributed by atoms with Crippen molar-refractivity contribution in [1.82, 2.24) is 4.90 Å². The quantitative estimate of drug-likeness (QED) is 0.356. The number of nitrogens with zero attached hydrogens (tertiary/aromatic N) is 1. The largest absolute Gasteiger partial charge is 0.507 e. The van der Waals surface area contributed by atoms with E-state index < -0.39 is 35.0 Å². The summed E-state index contributed by atoms with van der Waals surface area (Å²) < 4.78 is 48.8. The summed E-state index contributed by atoms with van der Waals surface area (Å²) in [6.07, 6.45) is -4.20. The molecule has 0 aromatic heterocycles. The summed E-state index contributed by atoms with van der Waals surface area (Å²) in [4.78, 5) is 27.8. The van der Waals surface area contributed by atoms with Gasteiger partial charge in [-0.25, -0.2) is 0 Å². The van der Waals surface area contributed by atoms with Gasteiger partial charge in [-0.3, -0.25) is 9.59 Å². The Morgan fingerprint density at radius 1 is 1.05 bits per heavy atom. The molecule has 2 atom stereocenters. The van der Waals surface area contributed by atoms with Crippen LogP contribution in [0.1, 0.15) is 42.9 Å². The van der Waals surface area contributed by atoms with E-state index in [4.69, 9.17) is 4.74 Å². The van der Waals surface area contributed by atoms with Crippen molar-refractivity contribution in [2.24, 2.45) is 5.92 Å². The number of alkyl halides is 3. The Morgan fingerprint density at radius 3 is 2.26 bits per heavy atom. The second kappa shape index (κ2) is 11.0. The Hall–Kier alpha value is -3.65. The maximum absolute atomic E-state index is 14.3. The predicted molar refractivity (Wildman–Crippen MR) is 137 cm³/mol. The molecule has 200 valence electrons. The third-order valence-corrected chi connectivity index (χ3v) is 6.79. The molecule has 38 heavy (non-hydrogen) atoms. The SMILES string of the molecule is CC(C)CC(C(=O)N1CCOC1(C=O)Cc1ccccc1)c1cc(-c2ccccc2)cc(O)c1C(F)(F)F. The van der Waals surface area contributed by atoms with Crippen LogP contribution in [0, 0.1) is 5.92 Å². The molecule has 3 aromatic rings. The minimum absolute atomic E-state index is 0.0602. The number of amides is 1. The van der Waals surface area contributed by atoms with Crippen molar-refractivity contribution >= 4 is 12.2 Å². The number of carbonyl (C=O) groups excluding carboxylic acids is 2. The van der Waals surface area contributed by atoms with Gasteiger partial charge < -0.3 is 14.7 Å². The zero-order chi connectivity index (χ0) is 27.5. The van der Waals surface area contributed by atoms with E-state index in [0.717, 1.165) is 11.6 Å². The Bertz CT molecular complexity index is 1280. The van der Waals surface area contributed by atoms with Crippen molar-refractivity contribution in [1.29, 1.82) is 0 Å². The number of halogens is 3. The first-order chi connectivity index (χ1) is 18.1. The number of benzene rings is 3. The fourth-order valence-electron chi connectivity index (χ4n) is 5.10. The molecule has 5 nitrogen and oxygen atoms in total. The van der Waals surface area contributed by atoms with Gasteiger partial charge >= 0.3 is 6.18 Å². The second-order valence-electron chi connectivity index (χ2n) is 9.97. The zero-order valence-corrected chi connectivity index (χ0v) is 21.2. The molecule has 0 bridgehead atoms. The van der Waals surface area contributed by atoms with E-state index in [1.807, 2.05) is 19.9 Å². The van der Waals surface area contributed by atoms with Crippen molar-refractivity contribution in [3.8, 4) is 16.9 Å². The van der Waals surface area contributed by atoms with Gasteiger partial charge in [0.25, 0.3) is 0 Å². The molecule has 1 heterocycles. The molecule has 0 aliphatic carbocycles. The summed E-state index contributed by atoms with van der Waals surface area (Å²) >= 11 is 0. The molecular weight excluding hydrogens is 495 g/mol. The van der Waals surface area contributed by atoms with Crippen LogP contribution in [0.5, 0.6) is 5.75 Å². The highest BCUT2D eigenvalue weighted by atomic mass is 19.4. The summed E-state index contributed by atoms with van der Waals surface area (Å²) in [5.41, 5.74) is -1.48. The Labute approximate surface area is 219 Å². The smallest absolute Gasteiger partial charge is 0.420 e. The standard InChI is InChI=1S/C30H30F3NO4/c1-20(2)15-25(28(37)34-13-14-38-29(34,19-35)18-21-9-5-3-6-10-21)24-16-23(22-11-7-4-8-12-22)17-26(36)27(24)30(31,32)33/h3-12,16-17,19-20,25,36H,13-15,18H2,1-2H3. The lowest BCUT2D eigenvalue weighted by Gasteiger charge is -2.36. The first-order valence-corrected chi connectivity index (χ1v) is 12.5. The maximum atomic E-state index is 14.3. The molecule has 1 aliphatic rings. The Balaban J connectivity index is 1.84. The number of hydrogen-bond donors (Lipinski definition) is 1. The van der Waals surface area contributed by atoms with Gasteiger partial charge in [0.05, 0.1) is 12.5 Å². The van der Waals surface area contributed by atoms with Crippen LogP contribution in [0.15, 0.2) is 72.8 Å². The van der Waals surface area contributed by atoms with Gasteiger partial charge in [0, 0.05) is 13.0 Å². The molecule has 2 unspecified atom stereocenters. The number of hydrogen-bond acceptors (Lipinski definition) is 4. The average Bonchev–Trinajstić information content (AvgIpc) is 3.30. The van der Waals surface area contributed by atoms with Gasteiger partial charge in [-0.2, -0.15) is 13.2 Å². The molecule has 1 N–H and O–H groups in total. The number of phenolic OH excluding ortho intramolecular Hbond substituents is 1. The third kappa shape index (κ3) is 5.60. The van der Waals surface area contributed by atoms with Crippen LogP contribution in [0.25, 0.3) is 11.1 Å². The number of phenols is 1. The van der Waals surface area contributed by atoms with Gasteiger partial charge in [-0.1, -0.05) is 74.5 Å². The highest BCUT2D eigenvalue weighted by molar-refractivity contribution is 5.89. The number of aldehydes is 1. The summed E-state index contributed by atoms with van der Waals surface area (Å²) in [5.74, 6) is -3.01. The van der Waals surface area contributed by atoms with E-state index in [9.17, 15) is 27.9 Å². The zero-order valence-electron chi connectivity index (χ0n) is 21.2. The fourth-order valence-corrected chi connectivity index (χ4v) is 5.10. The van der Waals surface area contributed by atoms with Gasteiger partial charge in [-0.15, -0.1) is 0 Å². The fraction of sp³-hybridized carbons (Fsp3) is 0.333. The first kappa shape index (κ1) is 27.4. The van der Waals surface area contributed by atoms with Crippen molar-refractivity contribution in [3.63, 3.8) is 0 Å². The monoisotopic (exact) mass is 525 g/mol. The van der Waals surface area contributed by atoms with Crippen LogP contribution >= 0.6 is 0 Å². The number of carbonyl (C=O) groups is 2. The lowest BCUT2D eigenvalue weighted by molar-refractivity contribution is -0.158. The molecule has 1 saturated heterocycles. The molecular formula is C30H30F3NO4. The first-order valence-electron chi connectivity index (χ1n) is 12.5. The van der Waals surface area contributed by atoms with Gasteiger partial charge in [0.15, 0.2) is 6.29 Å². The minimum atomic E-state index is -4.91. The minimum Gasteiger partial charge on any atom is -0.507 e. The summed E-state index contributed by atoms with van der Waals surface area (Å²) in [7, 11) is 0. The van der Waals surface area contributed by atoms with Gasteiger partial charge in [0.2, 0.25) is 11.6 Å². The van der Waals surface area contributed by atoms with Gasteiger partial charge in [0.1, 0.15) is 11.3 Å². The summed E-state index contributed by atoms with van der Waals surface area (Å²) in [6.45, 7) is 3.76. The van der Waals surface area contributed by atoms with E-state index >= 15 is 0 Å². The van der Waals surface area contributed by atoms with Crippen molar-refractivity contribution in [2.75, 3.05) is 13.2 Å². The van der Waals surface area contributed by atoms with Crippen molar-refractivity contribution in [2.45, 2.75) is 44.5 Å². The lowest BCUT2D eigenvalue weighted by atomic mass is 9.83. The van der Waals surface area contributed by atoms with Crippen molar-refractivity contribution < 1.29 is 32.6 Å². The highest BCUT2D eigenvalue weighted by Gasteiger charge is 2.49. The highest BCUT2D eigenvalue weighted by Crippen LogP contribution is 2.45. The number of rotatable bonds is 8.